The third-order valence-electron chi connectivity index (χ3n) is 3.39. The van der Waals surface area contributed by atoms with E-state index >= 15 is 0 Å². The van der Waals surface area contributed by atoms with Gasteiger partial charge in [-0.2, -0.15) is 0 Å². The van der Waals surface area contributed by atoms with Crippen LogP contribution in [-0.4, -0.2) is 33.2 Å². The fraction of sp³-hybridized carbons (Fsp3) is 0.176. The van der Waals surface area contributed by atoms with Crippen molar-refractivity contribution in [1.82, 2.24) is 0 Å². The van der Waals surface area contributed by atoms with E-state index in [2.05, 4.69) is 5.32 Å². The van der Waals surface area contributed by atoms with Crippen molar-refractivity contribution >= 4 is 50.6 Å². The van der Waals surface area contributed by atoms with E-state index in [9.17, 15) is 18.0 Å². The molecule has 9 heteroatoms. The van der Waals surface area contributed by atoms with Gasteiger partial charge in [0.15, 0.2) is 16.4 Å². The van der Waals surface area contributed by atoms with Gasteiger partial charge in [-0.25, -0.2) is 13.2 Å². The van der Waals surface area contributed by atoms with Crippen LogP contribution in [0, 0.1) is 6.92 Å². The number of hydrogen-bond acceptors (Lipinski definition) is 5. The third kappa shape index (κ3) is 5.20. The summed E-state index contributed by atoms with van der Waals surface area (Å²) in [7, 11) is -3.51. The van der Waals surface area contributed by atoms with Gasteiger partial charge < -0.3 is 10.1 Å². The topological polar surface area (TPSA) is 89.5 Å². The van der Waals surface area contributed by atoms with Gasteiger partial charge in [-0.05, 0) is 42.8 Å². The fourth-order valence-electron chi connectivity index (χ4n) is 2.02. The number of esters is 1. The summed E-state index contributed by atoms with van der Waals surface area (Å²) in [4.78, 5) is 24.0. The normalized spacial score (nSPS) is 11.1. The van der Waals surface area contributed by atoms with Gasteiger partial charge in [-0.1, -0.05) is 29.3 Å². The van der Waals surface area contributed by atoms with Crippen LogP contribution in [0.2, 0.25) is 10.0 Å². The lowest BCUT2D eigenvalue weighted by atomic mass is 10.2. The van der Waals surface area contributed by atoms with Crippen molar-refractivity contribution < 1.29 is 22.7 Å². The zero-order chi connectivity index (χ0) is 19.5. The highest BCUT2D eigenvalue weighted by molar-refractivity contribution is 7.90. The second kappa shape index (κ2) is 8.07. The number of ether oxygens (including phenoxy) is 1. The lowest BCUT2D eigenvalue weighted by Gasteiger charge is -2.10. The number of benzene rings is 2. The molecule has 0 unspecified atom stereocenters. The van der Waals surface area contributed by atoms with E-state index in [1.54, 1.807) is 25.1 Å². The molecule has 1 amide bonds. The van der Waals surface area contributed by atoms with Crippen LogP contribution >= 0.6 is 23.2 Å². The maximum Gasteiger partial charge on any atom is 0.340 e. The highest BCUT2D eigenvalue weighted by Gasteiger charge is 2.18. The molecule has 0 saturated carbocycles. The minimum atomic E-state index is -3.51. The number of sulfone groups is 1. The standard InChI is InChI=1S/C17H15Cl2NO5S/c1-10-3-4-11(18)7-15(10)20-16(21)9-25-17(22)13-8-12(26(2,23)24)5-6-14(13)19/h3-8H,9H2,1-2H3,(H,20,21). The van der Waals surface area contributed by atoms with E-state index in [0.717, 1.165) is 17.9 Å². The van der Waals surface area contributed by atoms with Crippen molar-refractivity contribution in [3.05, 3.63) is 57.6 Å². The number of amides is 1. The number of anilines is 1. The summed E-state index contributed by atoms with van der Waals surface area (Å²) in [5, 5.41) is 3.05. The molecular weight excluding hydrogens is 401 g/mol. The summed E-state index contributed by atoms with van der Waals surface area (Å²) in [6, 6.07) is 8.67. The Labute approximate surface area is 161 Å². The van der Waals surface area contributed by atoms with E-state index in [-0.39, 0.29) is 15.5 Å². The first-order chi connectivity index (χ1) is 12.1. The zero-order valence-corrected chi connectivity index (χ0v) is 16.2. The van der Waals surface area contributed by atoms with Gasteiger partial charge in [0, 0.05) is 17.0 Å². The molecule has 2 rings (SSSR count). The first-order valence-corrected chi connectivity index (χ1v) is 9.95. The molecule has 0 saturated heterocycles. The minimum absolute atomic E-state index is 0.0218. The summed E-state index contributed by atoms with van der Waals surface area (Å²) in [6.07, 6.45) is 1.01. The van der Waals surface area contributed by atoms with Crippen molar-refractivity contribution in [1.29, 1.82) is 0 Å². The molecular formula is C17H15Cl2NO5S. The fourth-order valence-corrected chi connectivity index (χ4v) is 3.03. The SMILES string of the molecule is Cc1ccc(Cl)cc1NC(=O)COC(=O)c1cc(S(C)(=O)=O)ccc1Cl. The van der Waals surface area contributed by atoms with E-state index < -0.39 is 28.3 Å². The molecule has 0 heterocycles. The lowest BCUT2D eigenvalue weighted by molar-refractivity contribution is -0.119. The molecule has 2 aromatic carbocycles. The molecule has 6 nitrogen and oxygen atoms in total. The van der Waals surface area contributed by atoms with Crippen molar-refractivity contribution in [2.24, 2.45) is 0 Å². The average molecular weight is 416 g/mol. The Kier molecular flexibility index (Phi) is 6.28. The number of aryl methyl sites for hydroxylation is 1. The van der Waals surface area contributed by atoms with Gasteiger partial charge in [0.05, 0.1) is 15.5 Å². The smallest absolute Gasteiger partial charge is 0.340 e. The Balaban J connectivity index is 2.06. The predicted molar refractivity (Wildman–Crippen MR) is 99.7 cm³/mol. The quantitative estimate of drug-likeness (QED) is 0.754. The van der Waals surface area contributed by atoms with Crippen LogP contribution in [0.1, 0.15) is 15.9 Å². The molecule has 0 aliphatic heterocycles. The number of carbonyl (C=O) groups excluding carboxylic acids is 2. The maximum atomic E-state index is 12.1. The lowest BCUT2D eigenvalue weighted by Crippen LogP contribution is -2.21. The Bertz CT molecular complexity index is 973. The molecule has 0 atom stereocenters. The number of hydrogen-bond donors (Lipinski definition) is 1. The van der Waals surface area contributed by atoms with Gasteiger partial charge in [0.1, 0.15) is 0 Å². The monoisotopic (exact) mass is 415 g/mol. The number of halogens is 2. The third-order valence-corrected chi connectivity index (χ3v) is 5.07. The van der Waals surface area contributed by atoms with Crippen LogP contribution in [0.3, 0.4) is 0 Å². The summed E-state index contributed by atoms with van der Waals surface area (Å²) in [6.45, 7) is 1.22. The van der Waals surface area contributed by atoms with E-state index in [1.807, 2.05) is 0 Å². The second-order valence-electron chi connectivity index (χ2n) is 5.50. The van der Waals surface area contributed by atoms with Crippen molar-refractivity contribution in [2.45, 2.75) is 11.8 Å². The molecule has 0 aliphatic rings. The molecule has 0 fully saturated rings. The molecule has 0 radical (unpaired) electrons. The second-order valence-corrected chi connectivity index (χ2v) is 8.36. The number of carbonyl (C=O) groups is 2. The largest absolute Gasteiger partial charge is 0.452 e. The van der Waals surface area contributed by atoms with E-state index in [0.29, 0.717) is 10.7 Å². The van der Waals surface area contributed by atoms with Gasteiger partial charge in [-0.3, -0.25) is 4.79 Å². The van der Waals surface area contributed by atoms with E-state index in [4.69, 9.17) is 27.9 Å². The van der Waals surface area contributed by atoms with E-state index in [1.165, 1.54) is 12.1 Å². The van der Waals surface area contributed by atoms with Gasteiger partial charge >= 0.3 is 5.97 Å². The van der Waals surface area contributed by atoms with Crippen molar-refractivity contribution in [3.8, 4) is 0 Å². The van der Waals surface area contributed by atoms with Gasteiger partial charge in [-0.15, -0.1) is 0 Å². The molecule has 0 bridgehead atoms. The molecule has 0 aromatic heterocycles. The first kappa shape index (κ1) is 20.2. The maximum absolute atomic E-state index is 12.1. The predicted octanol–water partition coefficient (Wildman–Crippen LogP) is 3.50. The van der Waals surface area contributed by atoms with Crippen molar-refractivity contribution in [3.63, 3.8) is 0 Å². The Hall–Kier alpha value is -2.09. The van der Waals surface area contributed by atoms with Crippen LogP contribution in [0.4, 0.5) is 5.69 Å². The van der Waals surface area contributed by atoms with Crippen molar-refractivity contribution in [2.75, 3.05) is 18.2 Å². The van der Waals surface area contributed by atoms with Gasteiger partial charge in [0.25, 0.3) is 5.91 Å². The molecule has 0 aliphatic carbocycles. The number of nitrogens with one attached hydrogen (secondary N) is 1. The average Bonchev–Trinajstić information content (AvgIpc) is 2.55. The Morgan fingerprint density at radius 2 is 1.81 bits per heavy atom. The van der Waals surface area contributed by atoms with Gasteiger partial charge in [0.2, 0.25) is 0 Å². The molecule has 26 heavy (non-hydrogen) atoms. The van der Waals surface area contributed by atoms with Crippen LogP contribution < -0.4 is 5.32 Å². The Morgan fingerprint density at radius 3 is 2.46 bits per heavy atom. The first-order valence-electron chi connectivity index (χ1n) is 7.30. The summed E-state index contributed by atoms with van der Waals surface area (Å²) < 4.78 is 28.1. The zero-order valence-electron chi connectivity index (χ0n) is 13.9. The molecule has 1 N–H and O–H groups in total. The Morgan fingerprint density at radius 1 is 1.12 bits per heavy atom. The van der Waals surface area contributed by atoms with Crippen LogP contribution in [0.15, 0.2) is 41.3 Å². The van der Waals surface area contributed by atoms with Crippen LogP contribution in [0.25, 0.3) is 0 Å². The number of rotatable bonds is 5. The molecule has 0 spiro atoms. The summed E-state index contributed by atoms with van der Waals surface area (Å²) in [5.41, 5.74) is 1.15. The van der Waals surface area contributed by atoms with Crippen LogP contribution in [0.5, 0.6) is 0 Å². The summed E-state index contributed by atoms with van der Waals surface area (Å²) >= 11 is 11.8. The highest BCUT2D eigenvalue weighted by Crippen LogP contribution is 2.22. The highest BCUT2D eigenvalue weighted by atomic mass is 35.5. The molecule has 138 valence electrons. The van der Waals surface area contributed by atoms with Crippen LogP contribution in [-0.2, 0) is 19.4 Å². The minimum Gasteiger partial charge on any atom is -0.452 e. The summed E-state index contributed by atoms with van der Waals surface area (Å²) in [5.74, 6) is -1.47. The molecule has 2 aromatic rings.